The summed E-state index contributed by atoms with van der Waals surface area (Å²) in [4.78, 5) is 11.1. The number of hydrogen-bond donors (Lipinski definition) is 1. The van der Waals surface area contributed by atoms with Crippen molar-refractivity contribution in [2.45, 2.75) is 13.3 Å². The third-order valence-corrected chi connectivity index (χ3v) is 3.03. The molecule has 0 saturated carbocycles. The lowest BCUT2D eigenvalue weighted by Gasteiger charge is -2.09. The smallest absolute Gasteiger partial charge is 0.335 e. The van der Waals surface area contributed by atoms with Gasteiger partial charge >= 0.3 is 5.97 Å². The molecule has 2 rings (SSSR count). The van der Waals surface area contributed by atoms with E-state index in [1.165, 1.54) is 0 Å². The lowest BCUT2D eigenvalue weighted by Crippen LogP contribution is -2.02. The maximum atomic E-state index is 11.1. The summed E-state index contributed by atoms with van der Waals surface area (Å²) in [5.41, 5.74) is 1.20. The third kappa shape index (κ3) is 1.65. The topological polar surface area (TPSA) is 37.3 Å². The number of aromatic carboxylic acids is 1. The molecule has 2 nitrogen and oxygen atoms in total. The van der Waals surface area contributed by atoms with E-state index in [1.54, 1.807) is 12.1 Å². The van der Waals surface area contributed by atoms with E-state index < -0.39 is 5.97 Å². The van der Waals surface area contributed by atoms with Crippen LogP contribution in [0.15, 0.2) is 30.3 Å². The molecule has 0 fully saturated rings. The van der Waals surface area contributed by atoms with Crippen molar-refractivity contribution in [3.8, 4) is 0 Å². The minimum Gasteiger partial charge on any atom is -0.478 e. The highest BCUT2D eigenvalue weighted by atomic mass is 35.5. The van der Waals surface area contributed by atoms with Crippen LogP contribution in [0.3, 0.4) is 0 Å². The molecule has 2 aromatic rings. The van der Waals surface area contributed by atoms with Crippen LogP contribution in [0, 0.1) is 0 Å². The zero-order chi connectivity index (χ0) is 11.7. The van der Waals surface area contributed by atoms with Gasteiger partial charge in [-0.2, -0.15) is 0 Å². The summed E-state index contributed by atoms with van der Waals surface area (Å²) in [7, 11) is 0. The van der Waals surface area contributed by atoms with Crippen molar-refractivity contribution in [2.75, 3.05) is 0 Å². The Hall–Kier alpha value is -1.54. The molecule has 0 aliphatic rings. The maximum Gasteiger partial charge on any atom is 0.335 e. The molecule has 0 unspecified atom stereocenters. The fourth-order valence-electron chi connectivity index (χ4n) is 1.96. The normalized spacial score (nSPS) is 10.6. The van der Waals surface area contributed by atoms with E-state index in [0.29, 0.717) is 17.0 Å². The van der Waals surface area contributed by atoms with E-state index in [0.717, 1.165) is 16.3 Å². The van der Waals surface area contributed by atoms with Crippen LogP contribution in [0.5, 0.6) is 0 Å². The van der Waals surface area contributed by atoms with Gasteiger partial charge < -0.3 is 5.11 Å². The van der Waals surface area contributed by atoms with E-state index in [-0.39, 0.29) is 0 Å². The van der Waals surface area contributed by atoms with E-state index in [4.69, 9.17) is 16.7 Å². The van der Waals surface area contributed by atoms with E-state index in [9.17, 15) is 4.79 Å². The summed E-state index contributed by atoms with van der Waals surface area (Å²) < 4.78 is 0. The predicted octanol–water partition coefficient (Wildman–Crippen LogP) is 3.75. The molecule has 0 aromatic heterocycles. The van der Waals surface area contributed by atoms with E-state index >= 15 is 0 Å². The molecular weight excluding hydrogens is 224 g/mol. The quantitative estimate of drug-likeness (QED) is 0.859. The zero-order valence-electron chi connectivity index (χ0n) is 8.83. The lowest BCUT2D eigenvalue weighted by atomic mass is 9.97. The van der Waals surface area contributed by atoms with Crippen LogP contribution in [-0.4, -0.2) is 11.1 Å². The average molecular weight is 235 g/mol. The van der Waals surface area contributed by atoms with Crippen LogP contribution in [0.25, 0.3) is 10.8 Å². The summed E-state index contributed by atoms with van der Waals surface area (Å²) in [6, 6.07) is 8.95. The Bertz CT molecular complexity index is 561. The average Bonchev–Trinajstić information content (AvgIpc) is 2.27. The van der Waals surface area contributed by atoms with Gasteiger partial charge in [-0.15, -0.1) is 0 Å². The summed E-state index contributed by atoms with van der Waals surface area (Å²) in [6.45, 7) is 1.95. The van der Waals surface area contributed by atoms with Gasteiger partial charge in [0.15, 0.2) is 0 Å². The van der Waals surface area contributed by atoms with Crippen LogP contribution >= 0.6 is 11.6 Å². The molecule has 0 bridgehead atoms. The molecule has 0 saturated heterocycles. The van der Waals surface area contributed by atoms with Crippen molar-refractivity contribution in [3.05, 3.63) is 46.5 Å². The summed E-state index contributed by atoms with van der Waals surface area (Å²) >= 11 is 6.07. The Morgan fingerprint density at radius 3 is 2.62 bits per heavy atom. The van der Waals surface area contributed by atoms with Gasteiger partial charge in [-0.05, 0) is 29.5 Å². The first-order valence-corrected chi connectivity index (χ1v) is 5.46. The Morgan fingerprint density at radius 1 is 1.25 bits per heavy atom. The molecule has 0 aliphatic heterocycles. The van der Waals surface area contributed by atoms with Gasteiger partial charge in [-0.25, -0.2) is 4.79 Å². The number of carboxylic acid groups (broad SMARTS) is 1. The van der Waals surface area contributed by atoms with Gasteiger partial charge in [0.1, 0.15) is 0 Å². The molecule has 3 heteroatoms. The molecule has 0 aliphatic carbocycles. The van der Waals surface area contributed by atoms with Crippen LogP contribution in [0.1, 0.15) is 22.8 Å². The van der Waals surface area contributed by atoms with Crippen LogP contribution in [-0.2, 0) is 6.42 Å². The Labute approximate surface area is 98.5 Å². The fourth-order valence-corrected chi connectivity index (χ4v) is 2.20. The number of hydrogen-bond acceptors (Lipinski definition) is 1. The van der Waals surface area contributed by atoms with Crippen molar-refractivity contribution in [2.24, 2.45) is 0 Å². The van der Waals surface area contributed by atoms with Gasteiger partial charge in [-0.3, -0.25) is 0 Å². The second-order valence-electron chi connectivity index (χ2n) is 3.59. The summed E-state index contributed by atoms with van der Waals surface area (Å²) in [5.74, 6) is -0.890. The molecular formula is C13H11ClO2. The van der Waals surface area contributed by atoms with Crippen LogP contribution in [0.4, 0.5) is 0 Å². The van der Waals surface area contributed by atoms with Crippen LogP contribution < -0.4 is 0 Å². The minimum atomic E-state index is -0.890. The fraction of sp³-hybridized carbons (Fsp3) is 0.154. The van der Waals surface area contributed by atoms with E-state index in [1.807, 2.05) is 25.1 Å². The van der Waals surface area contributed by atoms with Gasteiger partial charge in [-0.1, -0.05) is 36.7 Å². The van der Waals surface area contributed by atoms with Crippen molar-refractivity contribution < 1.29 is 9.90 Å². The SMILES string of the molecule is CCc1c(C(=O)O)ccc2c(Cl)cccc12. The van der Waals surface area contributed by atoms with Crippen molar-refractivity contribution >= 4 is 28.3 Å². The van der Waals surface area contributed by atoms with Crippen LogP contribution in [0.2, 0.25) is 5.02 Å². The number of carbonyl (C=O) groups is 1. The number of aryl methyl sites for hydroxylation is 1. The lowest BCUT2D eigenvalue weighted by molar-refractivity contribution is 0.0696. The largest absolute Gasteiger partial charge is 0.478 e. The molecule has 0 atom stereocenters. The van der Waals surface area contributed by atoms with Gasteiger partial charge in [0.2, 0.25) is 0 Å². The van der Waals surface area contributed by atoms with Crippen molar-refractivity contribution in [3.63, 3.8) is 0 Å². The van der Waals surface area contributed by atoms with Crippen molar-refractivity contribution in [1.82, 2.24) is 0 Å². The number of fused-ring (bicyclic) bond motifs is 1. The molecule has 1 N–H and O–H groups in total. The first-order chi connectivity index (χ1) is 7.65. The standard InChI is InChI=1S/C13H11ClO2/c1-2-8-9-4-3-5-12(14)10(9)6-7-11(8)13(15)16/h3-7H,2H2,1H3,(H,15,16). The summed E-state index contributed by atoms with van der Waals surface area (Å²) in [6.07, 6.45) is 0.680. The molecule has 2 aromatic carbocycles. The summed E-state index contributed by atoms with van der Waals surface area (Å²) in [5, 5.41) is 11.6. The highest BCUT2D eigenvalue weighted by Crippen LogP contribution is 2.28. The molecule has 0 spiro atoms. The number of benzene rings is 2. The number of rotatable bonds is 2. The maximum absolute atomic E-state index is 11.1. The molecule has 0 amide bonds. The zero-order valence-corrected chi connectivity index (χ0v) is 9.58. The van der Waals surface area contributed by atoms with Gasteiger partial charge in [0, 0.05) is 10.4 Å². The first kappa shape index (κ1) is 11.0. The monoisotopic (exact) mass is 234 g/mol. The molecule has 0 radical (unpaired) electrons. The number of halogens is 1. The van der Waals surface area contributed by atoms with E-state index in [2.05, 4.69) is 0 Å². The predicted molar refractivity (Wildman–Crippen MR) is 65.3 cm³/mol. The number of carboxylic acids is 1. The molecule has 16 heavy (non-hydrogen) atoms. The second kappa shape index (κ2) is 4.14. The van der Waals surface area contributed by atoms with Gasteiger partial charge in [0.25, 0.3) is 0 Å². The molecule has 82 valence electrons. The Kier molecular flexibility index (Phi) is 2.84. The highest BCUT2D eigenvalue weighted by Gasteiger charge is 2.12. The Morgan fingerprint density at radius 2 is 2.00 bits per heavy atom. The Balaban J connectivity index is 2.86. The van der Waals surface area contributed by atoms with Gasteiger partial charge in [0.05, 0.1) is 5.56 Å². The van der Waals surface area contributed by atoms with Crippen molar-refractivity contribution in [1.29, 1.82) is 0 Å². The highest BCUT2D eigenvalue weighted by molar-refractivity contribution is 6.35. The second-order valence-corrected chi connectivity index (χ2v) is 3.99. The third-order valence-electron chi connectivity index (χ3n) is 2.70. The molecule has 0 heterocycles. The minimum absolute atomic E-state index is 0.359. The first-order valence-electron chi connectivity index (χ1n) is 5.08.